The van der Waals surface area contributed by atoms with Crippen LogP contribution >= 0.6 is 11.6 Å². The Morgan fingerprint density at radius 1 is 1.21 bits per heavy atom. The summed E-state index contributed by atoms with van der Waals surface area (Å²) in [7, 11) is 1.91. The van der Waals surface area contributed by atoms with Gasteiger partial charge in [0.05, 0.1) is 12.3 Å². The van der Waals surface area contributed by atoms with Crippen molar-refractivity contribution in [1.82, 2.24) is 10.3 Å². The molecule has 2 heterocycles. The molecule has 4 heteroatoms. The minimum absolute atomic E-state index is 0.00245. The second-order valence-electron chi connectivity index (χ2n) is 4.32. The van der Waals surface area contributed by atoms with E-state index in [2.05, 4.69) is 22.4 Å². The molecule has 3 nitrogen and oxygen atoms in total. The van der Waals surface area contributed by atoms with Crippen LogP contribution in [0.1, 0.15) is 17.2 Å². The fourth-order valence-electron chi connectivity index (χ4n) is 2.39. The molecule has 3 rings (SSSR count). The Labute approximate surface area is 116 Å². The van der Waals surface area contributed by atoms with Gasteiger partial charge >= 0.3 is 0 Å². The predicted octanol–water partition coefficient (Wildman–Crippen LogP) is 3.79. The first-order chi connectivity index (χ1) is 9.31. The summed E-state index contributed by atoms with van der Waals surface area (Å²) in [5.74, 6) is 0. The van der Waals surface area contributed by atoms with E-state index >= 15 is 0 Å². The Balaban J connectivity index is 2.20. The van der Waals surface area contributed by atoms with Crippen LogP contribution in [0.3, 0.4) is 0 Å². The molecule has 0 aliphatic carbocycles. The highest BCUT2D eigenvalue weighted by atomic mass is 35.5. The van der Waals surface area contributed by atoms with Crippen LogP contribution in [0.4, 0.5) is 0 Å². The van der Waals surface area contributed by atoms with E-state index < -0.39 is 0 Å². The maximum Gasteiger partial charge on any atom is 0.198 e. The van der Waals surface area contributed by atoms with Crippen molar-refractivity contribution in [3.8, 4) is 0 Å². The van der Waals surface area contributed by atoms with E-state index in [1.54, 1.807) is 12.5 Å². The van der Waals surface area contributed by atoms with Gasteiger partial charge in [0, 0.05) is 23.3 Å². The van der Waals surface area contributed by atoms with Crippen LogP contribution in [0.2, 0.25) is 5.22 Å². The number of halogens is 1. The quantitative estimate of drug-likeness (QED) is 0.788. The van der Waals surface area contributed by atoms with E-state index in [4.69, 9.17) is 16.0 Å². The van der Waals surface area contributed by atoms with Crippen molar-refractivity contribution in [2.24, 2.45) is 0 Å². The lowest BCUT2D eigenvalue weighted by Crippen LogP contribution is -2.17. The van der Waals surface area contributed by atoms with Crippen molar-refractivity contribution in [3.63, 3.8) is 0 Å². The molecule has 1 atom stereocenters. The van der Waals surface area contributed by atoms with Gasteiger partial charge in [-0.25, -0.2) is 0 Å². The molecule has 0 spiro atoms. The first kappa shape index (κ1) is 12.2. The topological polar surface area (TPSA) is 38.1 Å². The Morgan fingerprint density at radius 2 is 2.11 bits per heavy atom. The minimum atomic E-state index is -0.00245. The van der Waals surface area contributed by atoms with Crippen LogP contribution in [0.5, 0.6) is 0 Å². The van der Waals surface area contributed by atoms with Gasteiger partial charge in [0.15, 0.2) is 5.22 Å². The average molecular weight is 273 g/mol. The molecule has 0 saturated heterocycles. The minimum Gasteiger partial charge on any atom is -0.453 e. The summed E-state index contributed by atoms with van der Waals surface area (Å²) in [4.78, 5) is 4.15. The number of nitrogens with one attached hydrogen (secondary N) is 1. The molecule has 0 saturated carbocycles. The third-order valence-corrected chi connectivity index (χ3v) is 3.58. The highest BCUT2D eigenvalue weighted by molar-refractivity contribution is 6.29. The highest BCUT2D eigenvalue weighted by Gasteiger charge is 2.19. The number of hydrogen-bond acceptors (Lipinski definition) is 3. The van der Waals surface area contributed by atoms with E-state index in [0.29, 0.717) is 5.22 Å². The van der Waals surface area contributed by atoms with Crippen molar-refractivity contribution in [1.29, 1.82) is 0 Å². The summed E-state index contributed by atoms with van der Waals surface area (Å²) >= 11 is 6.10. The molecule has 1 unspecified atom stereocenters. The second kappa shape index (κ2) is 5.03. The van der Waals surface area contributed by atoms with Crippen LogP contribution in [-0.2, 0) is 0 Å². The van der Waals surface area contributed by atoms with Crippen molar-refractivity contribution in [3.05, 3.63) is 65.3 Å². The van der Waals surface area contributed by atoms with Gasteiger partial charge < -0.3 is 9.73 Å². The largest absolute Gasteiger partial charge is 0.453 e. The number of pyridine rings is 1. The van der Waals surface area contributed by atoms with Gasteiger partial charge in [0.1, 0.15) is 0 Å². The van der Waals surface area contributed by atoms with Crippen LogP contribution in [0.25, 0.3) is 10.8 Å². The molecule has 0 amide bonds. The van der Waals surface area contributed by atoms with Crippen LogP contribution in [0, 0.1) is 0 Å². The molecule has 0 aliphatic rings. The zero-order chi connectivity index (χ0) is 13.2. The van der Waals surface area contributed by atoms with E-state index in [9.17, 15) is 0 Å². The van der Waals surface area contributed by atoms with Crippen LogP contribution < -0.4 is 5.32 Å². The second-order valence-corrected chi connectivity index (χ2v) is 4.66. The molecular formula is C15H13ClN2O. The molecule has 96 valence electrons. The monoisotopic (exact) mass is 272 g/mol. The molecule has 0 aliphatic heterocycles. The number of nitrogens with zero attached hydrogens (tertiary/aromatic N) is 1. The summed E-state index contributed by atoms with van der Waals surface area (Å²) in [6.07, 6.45) is 5.27. The summed E-state index contributed by atoms with van der Waals surface area (Å²) < 4.78 is 5.19. The maximum atomic E-state index is 6.10. The van der Waals surface area contributed by atoms with Crippen LogP contribution in [-0.4, -0.2) is 12.0 Å². The third-order valence-electron chi connectivity index (χ3n) is 3.27. The summed E-state index contributed by atoms with van der Waals surface area (Å²) in [5.41, 5.74) is 2.10. The molecule has 3 aromatic rings. The fourth-order valence-corrected chi connectivity index (χ4v) is 2.61. The lowest BCUT2D eigenvalue weighted by atomic mass is 9.96. The standard InChI is InChI=1S/C15H13ClN2O/c1-17-14(13-6-8-19-15(13)16)12-4-2-3-10-9-18-7-5-11(10)12/h2-9,14,17H,1H3. The fraction of sp³-hybridized carbons (Fsp3) is 0.133. The number of fused-ring (bicyclic) bond motifs is 1. The molecule has 0 fully saturated rings. The van der Waals surface area contributed by atoms with E-state index in [0.717, 1.165) is 21.9 Å². The lowest BCUT2D eigenvalue weighted by molar-refractivity contribution is 0.560. The number of aromatic nitrogens is 1. The van der Waals surface area contributed by atoms with Gasteiger partial charge in [-0.1, -0.05) is 18.2 Å². The Kier molecular flexibility index (Phi) is 3.23. The van der Waals surface area contributed by atoms with E-state index in [-0.39, 0.29) is 6.04 Å². The summed E-state index contributed by atoms with van der Waals surface area (Å²) in [6, 6.07) is 10.1. The van der Waals surface area contributed by atoms with Gasteiger partial charge in [0.2, 0.25) is 0 Å². The van der Waals surface area contributed by atoms with E-state index in [1.807, 2.05) is 31.4 Å². The number of benzene rings is 1. The lowest BCUT2D eigenvalue weighted by Gasteiger charge is -2.17. The first-order valence-electron chi connectivity index (χ1n) is 6.04. The van der Waals surface area contributed by atoms with Gasteiger partial charge in [0.25, 0.3) is 0 Å². The molecule has 2 aromatic heterocycles. The van der Waals surface area contributed by atoms with Gasteiger partial charge in [-0.2, -0.15) is 0 Å². The Morgan fingerprint density at radius 3 is 2.84 bits per heavy atom. The number of furan rings is 1. The van der Waals surface area contributed by atoms with Gasteiger partial charge in [-0.05, 0) is 41.7 Å². The van der Waals surface area contributed by atoms with E-state index in [1.165, 1.54) is 0 Å². The van der Waals surface area contributed by atoms with Gasteiger partial charge in [-0.15, -0.1) is 0 Å². The zero-order valence-electron chi connectivity index (χ0n) is 10.4. The van der Waals surface area contributed by atoms with Gasteiger partial charge in [-0.3, -0.25) is 4.98 Å². The highest BCUT2D eigenvalue weighted by Crippen LogP contribution is 2.32. The van der Waals surface area contributed by atoms with Crippen molar-refractivity contribution in [2.45, 2.75) is 6.04 Å². The third kappa shape index (κ3) is 2.11. The average Bonchev–Trinajstić information content (AvgIpc) is 2.86. The summed E-state index contributed by atoms with van der Waals surface area (Å²) in [5, 5.41) is 5.98. The maximum absolute atomic E-state index is 6.10. The molecule has 1 N–H and O–H groups in total. The predicted molar refractivity (Wildman–Crippen MR) is 76.4 cm³/mol. The van der Waals surface area contributed by atoms with Crippen LogP contribution in [0.15, 0.2) is 53.4 Å². The number of hydrogen-bond donors (Lipinski definition) is 1. The SMILES string of the molecule is CNC(c1ccoc1Cl)c1cccc2cnccc12. The number of rotatable bonds is 3. The molecule has 1 aromatic carbocycles. The Bertz CT molecular complexity index is 703. The Hall–Kier alpha value is -1.84. The van der Waals surface area contributed by atoms with Crippen molar-refractivity contribution >= 4 is 22.4 Å². The molecule has 19 heavy (non-hydrogen) atoms. The molecule has 0 radical (unpaired) electrons. The molecule has 0 bridgehead atoms. The smallest absolute Gasteiger partial charge is 0.198 e. The molecular weight excluding hydrogens is 260 g/mol. The zero-order valence-corrected chi connectivity index (χ0v) is 11.2. The normalized spacial score (nSPS) is 12.7. The van der Waals surface area contributed by atoms with Crippen molar-refractivity contribution < 1.29 is 4.42 Å². The van der Waals surface area contributed by atoms with Crippen molar-refractivity contribution in [2.75, 3.05) is 7.05 Å². The first-order valence-corrected chi connectivity index (χ1v) is 6.42. The summed E-state index contributed by atoms with van der Waals surface area (Å²) in [6.45, 7) is 0.